The summed E-state index contributed by atoms with van der Waals surface area (Å²) < 4.78 is 17.7. The van der Waals surface area contributed by atoms with E-state index >= 15 is 0 Å². The summed E-state index contributed by atoms with van der Waals surface area (Å²) in [6.07, 6.45) is 0.227. The van der Waals surface area contributed by atoms with Crippen LogP contribution in [0.25, 0.3) is 0 Å². The number of carbonyl (C=O) groups is 1. The van der Waals surface area contributed by atoms with Crippen molar-refractivity contribution >= 4 is 28.1 Å². The summed E-state index contributed by atoms with van der Waals surface area (Å²) in [5, 5.41) is 8.29. The molecule has 0 saturated carbocycles. The molecule has 0 aliphatic rings. The van der Waals surface area contributed by atoms with Gasteiger partial charge in [0.1, 0.15) is 5.82 Å². The number of aromatic nitrogens is 1. The molecule has 2 N–H and O–H groups in total. The fourth-order valence-electron chi connectivity index (χ4n) is 1.62. The third kappa shape index (κ3) is 5.13. The van der Waals surface area contributed by atoms with Gasteiger partial charge in [0.25, 0.3) is 0 Å². The number of rotatable bonds is 7. The Labute approximate surface area is 126 Å². The van der Waals surface area contributed by atoms with E-state index < -0.39 is 0 Å². The zero-order chi connectivity index (χ0) is 15.1. The Kier molecular flexibility index (Phi) is 5.65. The minimum Gasteiger partial charge on any atom is -0.383 e. The molecule has 1 aromatic carbocycles. The Morgan fingerprint density at radius 2 is 2.14 bits per heavy atom. The summed E-state index contributed by atoms with van der Waals surface area (Å²) >= 11 is 1.40. The summed E-state index contributed by atoms with van der Waals surface area (Å²) in [6.45, 7) is 0.973. The molecule has 0 saturated heterocycles. The monoisotopic (exact) mass is 309 g/mol. The molecule has 0 fully saturated rings. The molecule has 5 nitrogen and oxygen atoms in total. The first-order valence-electron chi connectivity index (χ1n) is 6.40. The number of nitrogens with one attached hydrogen (secondary N) is 2. The Morgan fingerprint density at radius 3 is 2.86 bits per heavy atom. The van der Waals surface area contributed by atoms with Gasteiger partial charge in [-0.3, -0.25) is 4.79 Å². The summed E-state index contributed by atoms with van der Waals surface area (Å²) in [4.78, 5) is 15.9. The molecule has 1 heterocycles. The van der Waals surface area contributed by atoms with Crippen LogP contribution in [0.15, 0.2) is 29.6 Å². The van der Waals surface area contributed by atoms with E-state index in [1.165, 1.54) is 23.5 Å². The van der Waals surface area contributed by atoms with Gasteiger partial charge >= 0.3 is 0 Å². The predicted molar refractivity (Wildman–Crippen MR) is 80.4 cm³/mol. The molecule has 2 aromatic rings. The molecule has 0 spiro atoms. The topological polar surface area (TPSA) is 63.2 Å². The van der Waals surface area contributed by atoms with Crippen molar-refractivity contribution in [3.63, 3.8) is 0 Å². The van der Waals surface area contributed by atoms with Crippen LogP contribution in [0, 0.1) is 5.82 Å². The van der Waals surface area contributed by atoms with Gasteiger partial charge in [-0.05, 0) is 24.3 Å². The van der Waals surface area contributed by atoms with Gasteiger partial charge in [-0.2, -0.15) is 0 Å². The molecule has 0 unspecified atom stereocenters. The fraction of sp³-hybridized carbons (Fsp3) is 0.286. The van der Waals surface area contributed by atoms with Crippen LogP contribution in [0.4, 0.5) is 15.2 Å². The lowest BCUT2D eigenvalue weighted by atomic mass is 10.3. The number of ether oxygens (including phenoxy) is 1. The number of methoxy groups -OCH3 is 1. The standard InChI is InChI=1S/C14H16FN3O2S/c1-20-7-6-16-13(19)8-12-9-21-14(18-12)17-11-4-2-10(15)3-5-11/h2-5,9H,6-8H2,1H3,(H,16,19)(H,17,18). The van der Waals surface area contributed by atoms with Crippen molar-refractivity contribution < 1.29 is 13.9 Å². The van der Waals surface area contributed by atoms with Crippen molar-refractivity contribution in [1.82, 2.24) is 10.3 Å². The number of halogens is 1. The molecule has 21 heavy (non-hydrogen) atoms. The van der Waals surface area contributed by atoms with Crippen LogP contribution in [0.5, 0.6) is 0 Å². The largest absolute Gasteiger partial charge is 0.383 e. The lowest BCUT2D eigenvalue weighted by molar-refractivity contribution is -0.120. The first-order valence-corrected chi connectivity index (χ1v) is 7.28. The number of carbonyl (C=O) groups excluding carboxylic acids is 1. The zero-order valence-electron chi connectivity index (χ0n) is 11.6. The molecular formula is C14H16FN3O2S. The number of thiazole rings is 1. The van der Waals surface area contributed by atoms with Crippen LogP contribution >= 0.6 is 11.3 Å². The summed E-state index contributed by atoms with van der Waals surface area (Å²) in [6, 6.07) is 6.02. The van der Waals surface area contributed by atoms with Crippen molar-refractivity contribution in [3.05, 3.63) is 41.2 Å². The maximum absolute atomic E-state index is 12.8. The number of nitrogens with zero attached hydrogens (tertiary/aromatic N) is 1. The van der Waals surface area contributed by atoms with Crippen molar-refractivity contribution in [2.24, 2.45) is 0 Å². The van der Waals surface area contributed by atoms with Crippen molar-refractivity contribution in [2.45, 2.75) is 6.42 Å². The van der Waals surface area contributed by atoms with Crippen LogP contribution in [-0.2, 0) is 16.0 Å². The normalized spacial score (nSPS) is 10.4. The van der Waals surface area contributed by atoms with Gasteiger partial charge in [-0.25, -0.2) is 9.37 Å². The number of hydrogen-bond acceptors (Lipinski definition) is 5. The molecular weight excluding hydrogens is 293 g/mol. The molecule has 1 amide bonds. The van der Waals surface area contributed by atoms with Crippen LogP contribution < -0.4 is 10.6 Å². The Morgan fingerprint density at radius 1 is 1.38 bits per heavy atom. The highest BCUT2D eigenvalue weighted by Crippen LogP contribution is 2.21. The maximum atomic E-state index is 12.8. The third-order valence-corrected chi connectivity index (χ3v) is 3.42. The highest BCUT2D eigenvalue weighted by atomic mass is 32.1. The van der Waals surface area contributed by atoms with E-state index in [2.05, 4.69) is 15.6 Å². The summed E-state index contributed by atoms with van der Waals surface area (Å²) in [5.41, 5.74) is 1.45. The van der Waals surface area contributed by atoms with Crippen LogP contribution in [0.1, 0.15) is 5.69 Å². The van der Waals surface area contributed by atoms with Gasteiger partial charge in [-0.15, -0.1) is 11.3 Å². The molecule has 7 heteroatoms. The summed E-state index contributed by atoms with van der Waals surface area (Å²) in [7, 11) is 1.58. The lowest BCUT2D eigenvalue weighted by Crippen LogP contribution is -2.28. The fourth-order valence-corrected chi connectivity index (χ4v) is 2.35. The second-order valence-electron chi connectivity index (χ2n) is 4.30. The smallest absolute Gasteiger partial charge is 0.226 e. The van der Waals surface area contributed by atoms with Gasteiger partial charge in [-0.1, -0.05) is 0 Å². The van der Waals surface area contributed by atoms with Crippen LogP contribution in [0.2, 0.25) is 0 Å². The highest BCUT2D eigenvalue weighted by Gasteiger charge is 2.07. The molecule has 1 aromatic heterocycles. The minimum atomic E-state index is -0.284. The second kappa shape index (κ2) is 7.70. The first-order chi connectivity index (χ1) is 10.2. The van der Waals surface area contributed by atoms with E-state index in [4.69, 9.17) is 4.74 Å². The molecule has 0 bridgehead atoms. The quantitative estimate of drug-likeness (QED) is 0.771. The average Bonchev–Trinajstić information content (AvgIpc) is 2.89. The molecule has 2 rings (SSSR count). The number of anilines is 2. The Bertz CT molecular complexity index is 586. The van der Waals surface area contributed by atoms with Gasteiger partial charge in [0, 0.05) is 24.7 Å². The maximum Gasteiger partial charge on any atom is 0.226 e. The zero-order valence-corrected chi connectivity index (χ0v) is 12.4. The van der Waals surface area contributed by atoms with E-state index in [0.29, 0.717) is 24.0 Å². The second-order valence-corrected chi connectivity index (χ2v) is 5.15. The Hall–Kier alpha value is -1.99. The van der Waals surface area contributed by atoms with Gasteiger partial charge in [0.2, 0.25) is 5.91 Å². The highest BCUT2D eigenvalue weighted by molar-refractivity contribution is 7.13. The van der Waals surface area contributed by atoms with E-state index in [-0.39, 0.29) is 18.1 Å². The van der Waals surface area contributed by atoms with E-state index in [1.807, 2.05) is 5.38 Å². The van der Waals surface area contributed by atoms with Gasteiger partial charge < -0.3 is 15.4 Å². The van der Waals surface area contributed by atoms with Crippen molar-refractivity contribution in [2.75, 3.05) is 25.6 Å². The number of amides is 1. The van der Waals surface area contributed by atoms with Crippen molar-refractivity contribution in [3.8, 4) is 0 Å². The van der Waals surface area contributed by atoms with Crippen LogP contribution in [-0.4, -0.2) is 31.2 Å². The van der Waals surface area contributed by atoms with E-state index in [9.17, 15) is 9.18 Å². The summed E-state index contributed by atoms with van der Waals surface area (Å²) in [5.74, 6) is -0.376. The van der Waals surface area contributed by atoms with E-state index in [0.717, 1.165) is 5.69 Å². The van der Waals surface area contributed by atoms with Gasteiger partial charge in [0.15, 0.2) is 5.13 Å². The molecule has 0 aliphatic heterocycles. The first kappa shape index (κ1) is 15.4. The lowest BCUT2D eigenvalue weighted by Gasteiger charge is -2.03. The predicted octanol–water partition coefficient (Wildman–Crippen LogP) is 2.33. The molecule has 112 valence electrons. The van der Waals surface area contributed by atoms with Crippen molar-refractivity contribution in [1.29, 1.82) is 0 Å². The number of benzene rings is 1. The SMILES string of the molecule is COCCNC(=O)Cc1csc(Nc2ccc(F)cc2)n1. The molecule has 0 radical (unpaired) electrons. The average molecular weight is 309 g/mol. The minimum absolute atomic E-state index is 0.0920. The molecule has 0 aliphatic carbocycles. The Balaban J connectivity index is 1.86. The van der Waals surface area contributed by atoms with Gasteiger partial charge in [0.05, 0.1) is 18.7 Å². The van der Waals surface area contributed by atoms with E-state index in [1.54, 1.807) is 19.2 Å². The van der Waals surface area contributed by atoms with Crippen LogP contribution in [0.3, 0.4) is 0 Å². The molecule has 0 atom stereocenters. The third-order valence-electron chi connectivity index (χ3n) is 2.62. The number of hydrogen-bond donors (Lipinski definition) is 2.